The number of benzene rings is 1. The van der Waals surface area contributed by atoms with Gasteiger partial charge in [-0.1, -0.05) is 35.3 Å². The van der Waals surface area contributed by atoms with Crippen LogP contribution in [0.3, 0.4) is 0 Å². The summed E-state index contributed by atoms with van der Waals surface area (Å²) in [5.41, 5.74) is 2.63. The van der Waals surface area contributed by atoms with Crippen molar-refractivity contribution in [1.29, 1.82) is 0 Å². The van der Waals surface area contributed by atoms with E-state index >= 15 is 0 Å². The second kappa shape index (κ2) is 9.69. The molecule has 1 unspecified atom stereocenters. The van der Waals surface area contributed by atoms with Crippen LogP contribution in [-0.2, 0) is 6.54 Å². The van der Waals surface area contributed by atoms with Crippen molar-refractivity contribution < 1.29 is 9.21 Å². The molecule has 3 aromatic rings. The molecule has 1 N–H and O–H groups in total. The minimum atomic E-state index is -0.258. The number of halogens is 2. The summed E-state index contributed by atoms with van der Waals surface area (Å²) in [6.45, 7) is 5.00. The molecule has 3 rings (SSSR count). The molecule has 2 aromatic heterocycles. The Balaban J connectivity index is 1.72. The van der Waals surface area contributed by atoms with Crippen molar-refractivity contribution in [3.63, 3.8) is 0 Å². The summed E-state index contributed by atoms with van der Waals surface area (Å²) < 4.78 is 7.56. The predicted octanol–water partition coefficient (Wildman–Crippen LogP) is 4.87. The number of aryl methyl sites for hydroxylation is 1. The first kappa shape index (κ1) is 22.4. The highest BCUT2D eigenvalue weighted by molar-refractivity contribution is 6.31. The minimum Gasteiger partial charge on any atom is -0.454 e. The molecule has 0 aliphatic carbocycles. The first-order chi connectivity index (χ1) is 14.2. The van der Waals surface area contributed by atoms with Gasteiger partial charge in [0.1, 0.15) is 5.76 Å². The Morgan fingerprint density at radius 1 is 1.17 bits per heavy atom. The van der Waals surface area contributed by atoms with E-state index in [1.165, 1.54) is 0 Å². The van der Waals surface area contributed by atoms with Crippen LogP contribution in [0.5, 0.6) is 0 Å². The Hall–Kier alpha value is -2.28. The average molecular weight is 449 g/mol. The van der Waals surface area contributed by atoms with Crippen molar-refractivity contribution in [3.8, 4) is 0 Å². The highest BCUT2D eigenvalue weighted by Crippen LogP contribution is 2.22. The first-order valence-corrected chi connectivity index (χ1v) is 10.5. The number of aromatic nitrogens is 2. The SMILES string of the molecule is Cc1nn(Cc2ccc(C(=O)NC(CCN(C)C)c3ccc(Cl)cc3)o2)c(C)c1Cl. The molecule has 0 spiro atoms. The fourth-order valence-electron chi connectivity index (χ4n) is 3.20. The van der Waals surface area contributed by atoms with Crippen molar-refractivity contribution in [1.82, 2.24) is 20.0 Å². The number of rotatable bonds is 8. The normalized spacial score (nSPS) is 12.4. The van der Waals surface area contributed by atoms with Gasteiger partial charge in [-0.05, 0) is 70.7 Å². The summed E-state index contributed by atoms with van der Waals surface area (Å²) in [5, 5.41) is 8.79. The maximum atomic E-state index is 12.8. The summed E-state index contributed by atoms with van der Waals surface area (Å²) in [4.78, 5) is 14.9. The lowest BCUT2D eigenvalue weighted by atomic mass is 10.0. The number of carbonyl (C=O) groups is 1. The highest BCUT2D eigenvalue weighted by Gasteiger charge is 2.19. The van der Waals surface area contributed by atoms with E-state index in [0.29, 0.717) is 22.4 Å². The molecule has 0 saturated carbocycles. The smallest absolute Gasteiger partial charge is 0.287 e. The Bertz CT molecular complexity index is 1010. The molecule has 0 radical (unpaired) electrons. The zero-order valence-corrected chi connectivity index (χ0v) is 19.1. The first-order valence-electron chi connectivity index (χ1n) is 9.74. The van der Waals surface area contributed by atoms with Crippen molar-refractivity contribution >= 4 is 29.1 Å². The molecule has 0 saturated heterocycles. The van der Waals surface area contributed by atoms with Crippen LogP contribution in [0, 0.1) is 13.8 Å². The molecule has 30 heavy (non-hydrogen) atoms. The van der Waals surface area contributed by atoms with Crippen molar-refractivity contribution in [2.45, 2.75) is 32.9 Å². The maximum absolute atomic E-state index is 12.8. The van der Waals surface area contributed by atoms with Crippen LogP contribution in [0.2, 0.25) is 10.0 Å². The van der Waals surface area contributed by atoms with Gasteiger partial charge in [0.05, 0.1) is 29.0 Å². The molecule has 0 aliphatic rings. The lowest BCUT2D eigenvalue weighted by Crippen LogP contribution is -2.30. The van der Waals surface area contributed by atoms with Crippen molar-refractivity contribution in [2.75, 3.05) is 20.6 Å². The van der Waals surface area contributed by atoms with Gasteiger partial charge in [0.25, 0.3) is 5.91 Å². The van der Waals surface area contributed by atoms with E-state index in [-0.39, 0.29) is 17.7 Å². The van der Waals surface area contributed by atoms with E-state index in [0.717, 1.165) is 29.9 Å². The Morgan fingerprint density at radius 3 is 2.47 bits per heavy atom. The van der Waals surface area contributed by atoms with Gasteiger partial charge < -0.3 is 14.6 Å². The van der Waals surface area contributed by atoms with Gasteiger partial charge in [0, 0.05) is 5.02 Å². The van der Waals surface area contributed by atoms with E-state index in [1.807, 2.05) is 52.2 Å². The lowest BCUT2D eigenvalue weighted by Gasteiger charge is -2.21. The van der Waals surface area contributed by atoms with E-state index in [4.69, 9.17) is 27.6 Å². The minimum absolute atomic E-state index is 0.152. The summed E-state index contributed by atoms with van der Waals surface area (Å²) >= 11 is 12.2. The van der Waals surface area contributed by atoms with Crippen LogP contribution in [0.1, 0.15) is 45.7 Å². The molecule has 0 bridgehead atoms. The van der Waals surface area contributed by atoms with Crippen LogP contribution >= 0.6 is 23.2 Å². The van der Waals surface area contributed by atoms with Crippen LogP contribution in [0.4, 0.5) is 0 Å². The molecular weight excluding hydrogens is 423 g/mol. The number of carbonyl (C=O) groups excluding carboxylic acids is 1. The quantitative estimate of drug-likeness (QED) is 0.533. The summed E-state index contributed by atoms with van der Waals surface area (Å²) in [6, 6.07) is 10.8. The Kier molecular flexibility index (Phi) is 7.23. The molecule has 0 aliphatic heterocycles. The molecule has 2 heterocycles. The predicted molar refractivity (Wildman–Crippen MR) is 119 cm³/mol. The molecule has 6 nitrogen and oxygen atoms in total. The van der Waals surface area contributed by atoms with Crippen LogP contribution in [-0.4, -0.2) is 41.2 Å². The third kappa shape index (κ3) is 5.45. The fraction of sp³-hybridized carbons (Fsp3) is 0.364. The topological polar surface area (TPSA) is 63.3 Å². The largest absolute Gasteiger partial charge is 0.454 e. The highest BCUT2D eigenvalue weighted by atomic mass is 35.5. The molecule has 160 valence electrons. The third-order valence-electron chi connectivity index (χ3n) is 4.93. The van der Waals surface area contributed by atoms with Crippen LogP contribution in [0.25, 0.3) is 0 Å². The monoisotopic (exact) mass is 448 g/mol. The number of hydrogen-bond donors (Lipinski definition) is 1. The second-order valence-electron chi connectivity index (χ2n) is 7.58. The summed E-state index contributed by atoms with van der Waals surface area (Å²) in [6.07, 6.45) is 0.762. The second-order valence-corrected chi connectivity index (χ2v) is 8.39. The zero-order valence-electron chi connectivity index (χ0n) is 17.6. The van der Waals surface area contributed by atoms with Crippen LogP contribution < -0.4 is 5.32 Å². The third-order valence-corrected chi connectivity index (χ3v) is 5.73. The average Bonchev–Trinajstić information content (AvgIpc) is 3.27. The van der Waals surface area contributed by atoms with E-state index in [9.17, 15) is 4.79 Å². The summed E-state index contributed by atoms with van der Waals surface area (Å²) in [7, 11) is 4.01. The van der Waals surface area contributed by atoms with Gasteiger partial charge in [-0.15, -0.1) is 0 Å². The van der Waals surface area contributed by atoms with Gasteiger partial charge >= 0.3 is 0 Å². The standard InChI is InChI=1S/C22H26Cl2N4O2/c1-14-21(24)15(2)28(26-14)13-18-9-10-20(30-18)22(29)25-19(11-12-27(3)4)16-5-7-17(23)8-6-16/h5-10,19H,11-13H2,1-4H3,(H,25,29). The number of nitrogens with one attached hydrogen (secondary N) is 1. The Labute approximate surface area is 186 Å². The lowest BCUT2D eigenvalue weighted by molar-refractivity contribution is 0.0902. The molecule has 8 heteroatoms. The number of furan rings is 1. The zero-order chi connectivity index (χ0) is 21.8. The van der Waals surface area contributed by atoms with Gasteiger partial charge in [0.15, 0.2) is 5.76 Å². The molecule has 0 fully saturated rings. The fourth-order valence-corrected chi connectivity index (χ4v) is 3.46. The van der Waals surface area contributed by atoms with Crippen molar-refractivity contribution in [2.24, 2.45) is 0 Å². The molecule has 1 atom stereocenters. The van der Waals surface area contributed by atoms with Crippen molar-refractivity contribution in [3.05, 3.63) is 74.9 Å². The maximum Gasteiger partial charge on any atom is 0.287 e. The molecular formula is C22H26Cl2N4O2. The number of nitrogens with zero attached hydrogens (tertiary/aromatic N) is 3. The van der Waals surface area contributed by atoms with Crippen LogP contribution in [0.15, 0.2) is 40.8 Å². The number of amides is 1. The van der Waals surface area contributed by atoms with Gasteiger partial charge in [0.2, 0.25) is 0 Å². The van der Waals surface area contributed by atoms with Gasteiger partial charge in [-0.2, -0.15) is 5.10 Å². The van der Waals surface area contributed by atoms with Gasteiger partial charge in [-0.25, -0.2) is 0 Å². The van der Waals surface area contributed by atoms with E-state index < -0.39 is 0 Å². The van der Waals surface area contributed by atoms with Gasteiger partial charge in [-0.3, -0.25) is 9.48 Å². The number of hydrogen-bond acceptors (Lipinski definition) is 4. The molecule has 1 amide bonds. The summed E-state index contributed by atoms with van der Waals surface area (Å²) in [5.74, 6) is 0.645. The van der Waals surface area contributed by atoms with E-state index in [2.05, 4.69) is 15.3 Å². The van der Waals surface area contributed by atoms with E-state index in [1.54, 1.807) is 16.8 Å². The Morgan fingerprint density at radius 2 is 1.87 bits per heavy atom. The molecule has 1 aromatic carbocycles.